The number of amides is 1. The van der Waals surface area contributed by atoms with E-state index in [2.05, 4.69) is 15.4 Å². The molecule has 0 aliphatic heterocycles. The first kappa shape index (κ1) is 19.0. The van der Waals surface area contributed by atoms with E-state index in [9.17, 15) is 31.1 Å². The Balaban J connectivity index is 2.13. The van der Waals surface area contributed by atoms with Gasteiger partial charge in [-0.2, -0.15) is 31.4 Å². The van der Waals surface area contributed by atoms with Gasteiger partial charge in [0.25, 0.3) is 0 Å². The molecule has 0 saturated carbocycles. The monoisotopic (exact) mass is 390 g/mol. The quantitative estimate of drug-likeness (QED) is 0.809. The first-order valence-electron chi connectivity index (χ1n) is 6.42. The molecular formula is C11H9ClF6N6O. The van der Waals surface area contributed by atoms with Crippen molar-refractivity contribution in [2.75, 3.05) is 0 Å². The molecule has 2 aromatic heterocycles. The summed E-state index contributed by atoms with van der Waals surface area (Å²) >= 11 is 5.79. The molecule has 2 heterocycles. The third-order valence-electron chi connectivity index (χ3n) is 2.93. The van der Waals surface area contributed by atoms with Crippen LogP contribution in [0.1, 0.15) is 17.0 Å². The Morgan fingerprint density at radius 3 is 2.48 bits per heavy atom. The molecule has 0 saturated heterocycles. The molecule has 0 bridgehead atoms. The maximum Gasteiger partial charge on any atom is 0.471 e. The van der Waals surface area contributed by atoms with Crippen LogP contribution in [-0.4, -0.2) is 36.9 Å². The highest BCUT2D eigenvalue weighted by molar-refractivity contribution is 6.30. The predicted molar refractivity (Wildman–Crippen MR) is 70.2 cm³/mol. The maximum atomic E-state index is 12.9. The number of carbonyl (C=O) groups is 1. The number of aromatic nitrogens is 5. The number of hydrogen-bond acceptors (Lipinski definition) is 4. The van der Waals surface area contributed by atoms with Crippen LogP contribution >= 0.6 is 11.6 Å². The molecule has 0 unspecified atom stereocenters. The van der Waals surface area contributed by atoms with Crippen molar-refractivity contribution in [1.82, 2.24) is 30.1 Å². The largest absolute Gasteiger partial charge is 0.471 e. The predicted octanol–water partition coefficient (Wildman–Crippen LogP) is 1.91. The van der Waals surface area contributed by atoms with Gasteiger partial charge in [0, 0.05) is 12.6 Å². The lowest BCUT2D eigenvalue weighted by Crippen LogP contribution is -2.36. The van der Waals surface area contributed by atoms with E-state index in [1.807, 2.05) is 0 Å². The highest BCUT2D eigenvalue weighted by atomic mass is 35.5. The van der Waals surface area contributed by atoms with Crippen LogP contribution in [0.15, 0.2) is 6.20 Å². The molecule has 7 nitrogen and oxygen atoms in total. The van der Waals surface area contributed by atoms with Crippen molar-refractivity contribution in [3.05, 3.63) is 28.3 Å². The minimum absolute atomic E-state index is 0.0776. The maximum absolute atomic E-state index is 12.9. The number of alkyl halides is 6. The zero-order valence-electron chi connectivity index (χ0n) is 12.3. The molecule has 0 aromatic carbocycles. The number of rotatable bonds is 4. The molecule has 0 aliphatic rings. The Morgan fingerprint density at radius 1 is 1.28 bits per heavy atom. The van der Waals surface area contributed by atoms with Gasteiger partial charge in [0.2, 0.25) is 0 Å². The molecular weight excluding hydrogens is 382 g/mol. The summed E-state index contributed by atoms with van der Waals surface area (Å²) in [6.45, 7) is -1.05. The molecule has 1 amide bonds. The standard InChI is InChI=1S/C11H9ClF6N6O/c1-23-8(12)6(7(21-23)10(13,14)15)4-24-3-5(20-22-24)2-19-9(25)11(16,17)18/h3H,2,4H2,1H3,(H,19,25). The fourth-order valence-corrected chi connectivity index (χ4v) is 2.03. The Bertz CT molecular complexity index is 779. The van der Waals surface area contributed by atoms with Gasteiger partial charge >= 0.3 is 18.3 Å². The van der Waals surface area contributed by atoms with Crippen molar-refractivity contribution in [2.45, 2.75) is 25.4 Å². The van der Waals surface area contributed by atoms with E-state index < -0.39 is 37.0 Å². The minimum atomic E-state index is -5.05. The summed E-state index contributed by atoms with van der Waals surface area (Å²) in [5.74, 6) is -2.17. The first-order valence-corrected chi connectivity index (χ1v) is 6.80. The summed E-state index contributed by atoms with van der Waals surface area (Å²) in [4.78, 5) is 10.7. The van der Waals surface area contributed by atoms with Gasteiger partial charge < -0.3 is 5.32 Å². The highest BCUT2D eigenvalue weighted by Gasteiger charge is 2.39. The molecule has 2 aromatic rings. The lowest BCUT2D eigenvalue weighted by molar-refractivity contribution is -0.173. The van der Waals surface area contributed by atoms with Crippen molar-refractivity contribution in [2.24, 2.45) is 7.05 Å². The molecule has 0 fully saturated rings. The Morgan fingerprint density at radius 2 is 1.92 bits per heavy atom. The number of nitrogens with zero attached hydrogens (tertiary/aromatic N) is 5. The SMILES string of the molecule is Cn1nc(C(F)(F)F)c(Cn2cc(CNC(=O)C(F)(F)F)nn2)c1Cl. The van der Waals surface area contributed by atoms with E-state index in [0.717, 1.165) is 15.6 Å². The average molecular weight is 391 g/mol. The normalized spacial score (nSPS) is 12.5. The number of hydrogen-bond donors (Lipinski definition) is 1. The minimum Gasteiger partial charge on any atom is -0.342 e. The third-order valence-corrected chi connectivity index (χ3v) is 3.40. The van der Waals surface area contributed by atoms with Crippen LogP contribution in [0.25, 0.3) is 0 Å². The van der Waals surface area contributed by atoms with E-state index in [1.165, 1.54) is 7.05 Å². The van der Waals surface area contributed by atoms with Gasteiger partial charge in [-0.15, -0.1) is 5.10 Å². The number of halogens is 7. The van der Waals surface area contributed by atoms with Gasteiger partial charge in [0.15, 0.2) is 5.69 Å². The van der Waals surface area contributed by atoms with Crippen molar-refractivity contribution in [3.63, 3.8) is 0 Å². The van der Waals surface area contributed by atoms with Crippen LogP contribution in [0.4, 0.5) is 26.3 Å². The first-order chi connectivity index (χ1) is 11.4. The summed E-state index contributed by atoms with van der Waals surface area (Å²) in [5, 5.41) is 11.6. The summed E-state index contributed by atoms with van der Waals surface area (Å²) in [5.41, 5.74) is -1.65. The Labute approximate surface area is 140 Å². The van der Waals surface area contributed by atoms with E-state index >= 15 is 0 Å². The van der Waals surface area contributed by atoms with E-state index in [1.54, 1.807) is 5.32 Å². The molecule has 14 heteroatoms. The van der Waals surface area contributed by atoms with Crippen molar-refractivity contribution >= 4 is 17.5 Å². The zero-order valence-corrected chi connectivity index (χ0v) is 13.0. The van der Waals surface area contributed by atoms with E-state index in [-0.39, 0.29) is 16.4 Å². The second kappa shape index (κ2) is 6.54. The van der Waals surface area contributed by atoms with Crippen molar-refractivity contribution in [1.29, 1.82) is 0 Å². The Hall–Kier alpha value is -2.31. The lowest BCUT2D eigenvalue weighted by Gasteiger charge is -2.06. The molecule has 1 N–H and O–H groups in total. The summed E-state index contributed by atoms with van der Waals surface area (Å²) in [7, 11) is 1.22. The second-order valence-electron chi connectivity index (χ2n) is 4.83. The molecule has 0 spiro atoms. The van der Waals surface area contributed by atoms with Gasteiger partial charge in [0.05, 0.1) is 19.3 Å². The van der Waals surface area contributed by atoms with Gasteiger partial charge in [-0.05, 0) is 0 Å². The molecule has 138 valence electrons. The zero-order chi connectivity index (χ0) is 19.0. The van der Waals surface area contributed by atoms with Crippen LogP contribution in [0.5, 0.6) is 0 Å². The molecule has 25 heavy (non-hydrogen) atoms. The van der Waals surface area contributed by atoms with Crippen LogP contribution in [0.3, 0.4) is 0 Å². The van der Waals surface area contributed by atoms with Crippen LogP contribution < -0.4 is 5.32 Å². The van der Waals surface area contributed by atoms with Gasteiger partial charge in [-0.1, -0.05) is 16.8 Å². The number of aryl methyl sites for hydroxylation is 1. The van der Waals surface area contributed by atoms with Crippen LogP contribution in [0, 0.1) is 0 Å². The third kappa shape index (κ3) is 4.41. The molecule has 0 atom stereocenters. The van der Waals surface area contributed by atoms with Crippen molar-refractivity contribution < 1.29 is 31.1 Å². The summed E-state index contributed by atoms with van der Waals surface area (Å²) < 4.78 is 76.8. The number of nitrogens with one attached hydrogen (secondary N) is 1. The van der Waals surface area contributed by atoms with Gasteiger partial charge in [-0.3, -0.25) is 9.48 Å². The molecule has 2 rings (SSSR count). The summed E-state index contributed by atoms with van der Waals surface area (Å²) in [6, 6.07) is 0. The fraction of sp³-hybridized carbons (Fsp3) is 0.455. The molecule has 0 radical (unpaired) electrons. The van der Waals surface area contributed by atoms with E-state index in [0.29, 0.717) is 0 Å². The highest BCUT2D eigenvalue weighted by Crippen LogP contribution is 2.34. The average Bonchev–Trinajstić information content (AvgIpc) is 3.03. The lowest BCUT2D eigenvalue weighted by atomic mass is 10.2. The van der Waals surface area contributed by atoms with Crippen LogP contribution in [-0.2, 0) is 31.1 Å². The van der Waals surface area contributed by atoms with E-state index in [4.69, 9.17) is 11.6 Å². The van der Waals surface area contributed by atoms with Crippen molar-refractivity contribution in [3.8, 4) is 0 Å². The molecule has 0 aliphatic carbocycles. The smallest absolute Gasteiger partial charge is 0.342 e. The van der Waals surface area contributed by atoms with Gasteiger partial charge in [-0.25, -0.2) is 4.68 Å². The summed E-state index contributed by atoms with van der Waals surface area (Å²) in [6.07, 6.45) is -8.72. The topological polar surface area (TPSA) is 77.6 Å². The second-order valence-corrected chi connectivity index (χ2v) is 5.19. The fourth-order valence-electron chi connectivity index (χ4n) is 1.85. The van der Waals surface area contributed by atoms with Crippen LogP contribution in [0.2, 0.25) is 5.15 Å². The number of carbonyl (C=O) groups excluding carboxylic acids is 1. The Kier molecular flexibility index (Phi) is 4.97. The van der Waals surface area contributed by atoms with Gasteiger partial charge in [0.1, 0.15) is 10.8 Å².